The maximum Gasteiger partial charge on any atom is 0.260 e. The molecule has 0 saturated heterocycles. The van der Waals surface area contributed by atoms with E-state index < -0.39 is 11.6 Å². The van der Waals surface area contributed by atoms with Crippen LogP contribution in [0.3, 0.4) is 0 Å². The fourth-order valence-electron chi connectivity index (χ4n) is 2.61. The molecule has 2 aromatic rings. The number of ether oxygens (including phenoxy) is 2. The molecule has 130 valence electrons. The minimum absolute atomic E-state index is 0.0712. The van der Waals surface area contributed by atoms with Crippen molar-refractivity contribution in [2.24, 2.45) is 0 Å². The highest BCUT2D eigenvalue weighted by molar-refractivity contribution is 6.03. The maximum atomic E-state index is 13.0. The molecule has 5 heteroatoms. The Morgan fingerprint density at radius 2 is 1.04 bits per heavy atom. The Balaban J connectivity index is 2.45. The Labute approximate surface area is 146 Å². The summed E-state index contributed by atoms with van der Waals surface area (Å²) in [5.74, 6) is -2.18. The van der Waals surface area contributed by atoms with Crippen molar-refractivity contribution in [2.45, 2.75) is 19.6 Å². The van der Waals surface area contributed by atoms with E-state index in [0.717, 1.165) is 0 Å². The first kappa shape index (κ1) is 18.7. The summed E-state index contributed by atoms with van der Waals surface area (Å²) in [6.07, 6.45) is 0. The summed E-state index contributed by atoms with van der Waals surface area (Å²) in [5.41, 5.74) is 1.87. The lowest BCUT2D eigenvalue weighted by molar-refractivity contribution is -0.176. The molecule has 0 radical (unpaired) electrons. The molecule has 2 aromatic carbocycles. The molecule has 5 nitrogen and oxygen atoms in total. The summed E-state index contributed by atoms with van der Waals surface area (Å²) in [4.78, 5) is 35.8. The number of hydrogen-bond donors (Lipinski definition) is 0. The minimum Gasteiger partial charge on any atom is -0.343 e. The Bertz CT molecular complexity index is 784. The molecule has 0 N–H and O–H groups in total. The molecule has 0 fully saturated rings. The topological polar surface area (TPSA) is 69.7 Å². The van der Waals surface area contributed by atoms with Crippen LogP contribution in [0.15, 0.2) is 48.5 Å². The first-order valence-electron chi connectivity index (χ1n) is 7.73. The third-order valence-electron chi connectivity index (χ3n) is 4.10. The summed E-state index contributed by atoms with van der Waals surface area (Å²) in [6, 6.07) is 12.8. The van der Waals surface area contributed by atoms with E-state index in [4.69, 9.17) is 9.47 Å². The summed E-state index contributed by atoms with van der Waals surface area (Å²) in [5, 5.41) is 0. The zero-order chi connectivity index (χ0) is 18.6. The predicted octanol–water partition coefficient (Wildman–Crippen LogP) is 3.42. The third kappa shape index (κ3) is 3.57. The van der Waals surface area contributed by atoms with Gasteiger partial charge >= 0.3 is 0 Å². The summed E-state index contributed by atoms with van der Waals surface area (Å²) < 4.78 is 10.9. The molecule has 0 amide bonds. The Hall–Kier alpha value is -2.63. The quantitative estimate of drug-likeness (QED) is 0.570. The van der Waals surface area contributed by atoms with Crippen LogP contribution >= 0.6 is 0 Å². The number of Topliss-reactive ketones (excluding diaryl/α,β-unsaturated/α-hetero) is 3. The fraction of sp³-hybridized carbons (Fsp3) is 0.250. The zero-order valence-electron chi connectivity index (χ0n) is 14.7. The van der Waals surface area contributed by atoms with Crippen molar-refractivity contribution in [1.82, 2.24) is 0 Å². The monoisotopic (exact) mass is 340 g/mol. The second kappa shape index (κ2) is 7.51. The van der Waals surface area contributed by atoms with Crippen LogP contribution in [0.1, 0.15) is 50.5 Å². The minimum atomic E-state index is -1.63. The van der Waals surface area contributed by atoms with Crippen molar-refractivity contribution in [1.29, 1.82) is 0 Å². The van der Waals surface area contributed by atoms with Crippen LogP contribution in [-0.4, -0.2) is 31.6 Å². The average molecular weight is 340 g/mol. The van der Waals surface area contributed by atoms with Crippen molar-refractivity contribution in [3.05, 3.63) is 70.8 Å². The highest BCUT2D eigenvalue weighted by atomic mass is 16.7. The normalized spacial score (nSPS) is 11.2. The highest BCUT2D eigenvalue weighted by Crippen LogP contribution is 2.31. The fourth-order valence-corrected chi connectivity index (χ4v) is 2.61. The molecule has 0 atom stereocenters. The lowest BCUT2D eigenvalue weighted by atomic mass is 9.94. The first-order chi connectivity index (χ1) is 11.9. The Morgan fingerprint density at radius 1 is 0.680 bits per heavy atom. The number of rotatable bonds is 7. The molecule has 0 aliphatic rings. The molecule has 0 saturated carbocycles. The van der Waals surface area contributed by atoms with Gasteiger partial charge in [-0.15, -0.1) is 0 Å². The van der Waals surface area contributed by atoms with E-state index in [9.17, 15) is 14.4 Å². The van der Waals surface area contributed by atoms with E-state index in [1.54, 1.807) is 48.5 Å². The number of carbonyl (C=O) groups excluding carboxylic acids is 3. The van der Waals surface area contributed by atoms with Gasteiger partial charge < -0.3 is 9.47 Å². The van der Waals surface area contributed by atoms with Gasteiger partial charge in [0, 0.05) is 36.5 Å². The second-order valence-corrected chi connectivity index (χ2v) is 5.62. The van der Waals surface area contributed by atoms with Crippen molar-refractivity contribution < 1.29 is 23.9 Å². The highest BCUT2D eigenvalue weighted by Gasteiger charge is 2.41. The van der Waals surface area contributed by atoms with Crippen LogP contribution in [0.25, 0.3) is 0 Å². The van der Waals surface area contributed by atoms with Gasteiger partial charge in [-0.3, -0.25) is 14.4 Å². The second-order valence-electron chi connectivity index (χ2n) is 5.62. The SMILES string of the molecule is COC(OC)(C(=O)c1ccc(C(C)=O)cc1)c1ccc(C(C)=O)cc1. The molecular weight excluding hydrogens is 320 g/mol. The standard InChI is InChI=1S/C20H20O5/c1-13(21)15-5-7-17(8-6-15)19(23)20(24-3,25-4)18-11-9-16(10-12-18)14(2)22/h5-12H,1-4H3. The molecule has 2 rings (SSSR count). The molecule has 25 heavy (non-hydrogen) atoms. The van der Waals surface area contributed by atoms with E-state index in [-0.39, 0.29) is 11.6 Å². The number of benzene rings is 2. The summed E-state index contributed by atoms with van der Waals surface area (Å²) in [7, 11) is 2.76. The van der Waals surface area contributed by atoms with Gasteiger partial charge in [-0.25, -0.2) is 0 Å². The summed E-state index contributed by atoms with van der Waals surface area (Å²) >= 11 is 0. The number of carbonyl (C=O) groups is 3. The predicted molar refractivity (Wildman–Crippen MR) is 92.9 cm³/mol. The van der Waals surface area contributed by atoms with E-state index in [1.165, 1.54) is 28.1 Å². The molecule has 0 aliphatic heterocycles. The van der Waals surface area contributed by atoms with Gasteiger partial charge in [-0.2, -0.15) is 0 Å². The molecule has 0 aliphatic carbocycles. The number of ketones is 3. The average Bonchev–Trinajstić information content (AvgIpc) is 2.63. The third-order valence-corrected chi connectivity index (χ3v) is 4.10. The molecule has 0 heterocycles. The van der Waals surface area contributed by atoms with Gasteiger partial charge in [0.1, 0.15) is 0 Å². The van der Waals surface area contributed by atoms with Crippen LogP contribution < -0.4 is 0 Å². The van der Waals surface area contributed by atoms with Crippen molar-refractivity contribution in [3.8, 4) is 0 Å². The summed E-state index contributed by atoms with van der Waals surface area (Å²) in [6.45, 7) is 2.93. The van der Waals surface area contributed by atoms with Crippen molar-refractivity contribution in [2.75, 3.05) is 14.2 Å². The van der Waals surface area contributed by atoms with Gasteiger partial charge in [0.05, 0.1) is 0 Å². The van der Waals surface area contributed by atoms with Crippen molar-refractivity contribution >= 4 is 17.3 Å². The lowest BCUT2D eigenvalue weighted by Crippen LogP contribution is -2.40. The maximum absolute atomic E-state index is 13.0. The molecule has 0 unspecified atom stereocenters. The van der Waals surface area contributed by atoms with Gasteiger partial charge in [-0.1, -0.05) is 48.5 Å². The van der Waals surface area contributed by atoms with E-state index >= 15 is 0 Å². The van der Waals surface area contributed by atoms with Crippen LogP contribution in [0.4, 0.5) is 0 Å². The van der Waals surface area contributed by atoms with Gasteiger partial charge in [0.15, 0.2) is 11.6 Å². The Morgan fingerprint density at radius 3 is 1.40 bits per heavy atom. The number of methoxy groups -OCH3 is 2. The molecule has 0 spiro atoms. The molecule has 0 bridgehead atoms. The van der Waals surface area contributed by atoms with Crippen LogP contribution in [-0.2, 0) is 15.3 Å². The number of hydrogen-bond acceptors (Lipinski definition) is 5. The van der Waals surface area contributed by atoms with Gasteiger partial charge in [0.25, 0.3) is 5.79 Å². The molecule has 0 aromatic heterocycles. The van der Waals surface area contributed by atoms with Crippen LogP contribution in [0.2, 0.25) is 0 Å². The van der Waals surface area contributed by atoms with Crippen LogP contribution in [0, 0.1) is 0 Å². The van der Waals surface area contributed by atoms with Crippen LogP contribution in [0.5, 0.6) is 0 Å². The Kier molecular flexibility index (Phi) is 5.62. The van der Waals surface area contributed by atoms with E-state index in [0.29, 0.717) is 22.3 Å². The molecular formula is C20H20O5. The largest absolute Gasteiger partial charge is 0.343 e. The lowest BCUT2D eigenvalue weighted by Gasteiger charge is -2.29. The van der Waals surface area contributed by atoms with Crippen molar-refractivity contribution in [3.63, 3.8) is 0 Å². The van der Waals surface area contributed by atoms with E-state index in [2.05, 4.69) is 0 Å². The smallest absolute Gasteiger partial charge is 0.260 e. The van der Waals surface area contributed by atoms with E-state index in [1.807, 2.05) is 0 Å². The zero-order valence-corrected chi connectivity index (χ0v) is 14.7. The first-order valence-corrected chi connectivity index (χ1v) is 7.73. The van der Waals surface area contributed by atoms with Gasteiger partial charge in [-0.05, 0) is 13.8 Å². The van der Waals surface area contributed by atoms with Gasteiger partial charge in [0.2, 0.25) is 5.78 Å².